The molecule has 1 heterocycles. The Bertz CT molecular complexity index is 579. The van der Waals surface area contributed by atoms with Crippen molar-refractivity contribution in [1.82, 2.24) is 4.90 Å². The van der Waals surface area contributed by atoms with Crippen LogP contribution in [0.15, 0.2) is 29.2 Å². The molecule has 2 atom stereocenters. The first-order chi connectivity index (χ1) is 8.81. The van der Waals surface area contributed by atoms with E-state index in [-0.39, 0.29) is 10.8 Å². The van der Waals surface area contributed by atoms with E-state index < -0.39 is 22.1 Å². The first-order valence-electron chi connectivity index (χ1n) is 6.06. The summed E-state index contributed by atoms with van der Waals surface area (Å²) in [6.07, 6.45) is -0.621. The molecule has 19 heavy (non-hydrogen) atoms. The molecule has 1 aliphatic heterocycles. The summed E-state index contributed by atoms with van der Waals surface area (Å²) in [7, 11) is -2.18. The number of likely N-dealkylation sites (N-methyl/N-ethyl adjacent to an activating group) is 1. The number of aryl methyl sites for hydroxylation is 1. The number of hydrogen-bond acceptors (Lipinski definition) is 4. The highest BCUT2D eigenvalue weighted by Gasteiger charge is 2.39. The summed E-state index contributed by atoms with van der Waals surface area (Å²) in [4.78, 5) is 13.2. The van der Waals surface area contributed by atoms with E-state index in [0.29, 0.717) is 6.54 Å². The second-order valence-electron chi connectivity index (χ2n) is 4.91. The Hall–Kier alpha value is -1.40. The number of carbonyl (C=O) groups excluding carboxylic acids is 1. The topological polar surface area (TPSA) is 63.7 Å². The average molecular weight is 283 g/mol. The molecule has 0 aromatic heterocycles. The third kappa shape index (κ3) is 2.79. The van der Waals surface area contributed by atoms with Gasteiger partial charge in [0.2, 0.25) is 5.91 Å². The highest BCUT2D eigenvalue weighted by molar-refractivity contribution is 7.86. The third-order valence-electron chi connectivity index (χ3n) is 3.34. The van der Waals surface area contributed by atoms with Crippen molar-refractivity contribution in [3.05, 3.63) is 29.8 Å². The van der Waals surface area contributed by atoms with Gasteiger partial charge >= 0.3 is 0 Å². The Morgan fingerprint density at radius 1 is 1.26 bits per heavy atom. The van der Waals surface area contributed by atoms with Gasteiger partial charge in [0, 0.05) is 13.6 Å². The molecular weight excluding hydrogens is 266 g/mol. The number of benzene rings is 1. The standard InChI is InChI=1S/C13H17NO4S/c1-9-4-6-11(7-5-9)19(16,17)18-12-8-14(3)13(15)10(12)2/h4-7,10,12H,8H2,1-3H3. The molecular formula is C13H17NO4S. The van der Waals surface area contributed by atoms with Crippen molar-refractivity contribution in [3.63, 3.8) is 0 Å². The Morgan fingerprint density at radius 2 is 1.84 bits per heavy atom. The molecule has 2 unspecified atom stereocenters. The molecule has 6 heteroatoms. The van der Waals surface area contributed by atoms with E-state index in [2.05, 4.69) is 0 Å². The molecule has 1 aromatic carbocycles. The second kappa shape index (κ2) is 4.94. The van der Waals surface area contributed by atoms with Crippen LogP contribution in [0.25, 0.3) is 0 Å². The van der Waals surface area contributed by atoms with Gasteiger partial charge in [-0.15, -0.1) is 0 Å². The van der Waals surface area contributed by atoms with Gasteiger partial charge < -0.3 is 4.90 Å². The zero-order valence-corrected chi connectivity index (χ0v) is 12.0. The molecule has 0 aliphatic carbocycles. The quantitative estimate of drug-likeness (QED) is 0.781. The summed E-state index contributed by atoms with van der Waals surface area (Å²) in [5, 5.41) is 0. The van der Waals surface area contributed by atoms with Gasteiger partial charge in [-0.3, -0.25) is 8.98 Å². The van der Waals surface area contributed by atoms with Gasteiger partial charge in [0.1, 0.15) is 6.10 Å². The molecule has 0 radical (unpaired) electrons. The van der Waals surface area contributed by atoms with Crippen molar-refractivity contribution in [2.45, 2.75) is 24.8 Å². The SMILES string of the molecule is Cc1ccc(S(=O)(=O)OC2CN(C)C(=O)C2C)cc1. The van der Waals surface area contributed by atoms with Crippen molar-refractivity contribution < 1.29 is 17.4 Å². The Labute approximate surface area is 113 Å². The van der Waals surface area contributed by atoms with Gasteiger partial charge in [-0.2, -0.15) is 8.42 Å². The molecule has 104 valence electrons. The van der Waals surface area contributed by atoms with Crippen molar-refractivity contribution in [2.75, 3.05) is 13.6 Å². The molecule has 1 aromatic rings. The molecule has 1 saturated heterocycles. The van der Waals surface area contributed by atoms with Crippen molar-refractivity contribution >= 4 is 16.0 Å². The zero-order valence-electron chi connectivity index (χ0n) is 11.2. The number of carbonyl (C=O) groups is 1. The lowest BCUT2D eigenvalue weighted by molar-refractivity contribution is -0.129. The van der Waals surface area contributed by atoms with E-state index in [1.54, 1.807) is 26.1 Å². The summed E-state index contributed by atoms with van der Waals surface area (Å²) in [6.45, 7) is 3.86. The van der Waals surface area contributed by atoms with E-state index in [0.717, 1.165) is 5.56 Å². The molecule has 1 fully saturated rings. The maximum absolute atomic E-state index is 12.1. The van der Waals surface area contributed by atoms with Gasteiger partial charge in [0.25, 0.3) is 10.1 Å². The number of rotatable bonds is 3. The number of amides is 1. The minimum atomic E-state index is -3.82. The van der Waals surface area contributed by atoms with Crippen LogP contribution >= 0.6 is 0 Å². The molecule has 0 N–H and O–H groups in total. The minimum Gasteiger partial charge on any atom is -0.343 e. The zero-order chi connectivity index (χ0) is 14.2. The monoisotopic (exact) mass is 283 g/mol. The fraction of sp³-hybridized carbons (Fsp3) is 0.462. The highest BCUT2D eigenvalue weighted by atomic mass is 32.2. The smallest absolute Gasteiger partial charge is 0.297 e. The summed E-state index contributed by atoms with van der Waals surface area (Å²) in [5.74, 6) is -0.533. The van der Waals surface area contributed by atoms with Gasteiger partial charge in [0.05, 0.1) is 10.8 Å². The van der Waals surface area contributed by atoms with Gasteiger partial charge in [-0.25, -0.2) is 0 Å². The van der Waals surface area contributed by atoms with Gasteiger partial charge in [-0.05, 0) is 19.1 Å². The first-order valence-corrected chi connectivity index (χ1v) is 7.47. The number of likely N-dealkylation sites (tertiary alicyclic amines) is 1. The molecule has 2 rings (SSSR count). The van der Waals surface area contributed by atoms with Gasteiger partial charge in [-0.1, -0.05) is 24.6 Å². The Morgan fingerprint density at radius 3 is 2.32 bits per heavy atom. The molecule has 0 spiro atoms. The summed E-state index contributed by atoms with van der Waals surface area (Å²) >= 11 is 0. The van der Waals surface area contributed by atoms with E-state index in [4.69, 9.17) is 4.18 Å². The van der Waals surface area contributed by atoms with Crippen LogP contribution in [-0.2, 0) is 19.1 Å². The molecule has 1 amide bonds. The molecule has 0 bridgehead atoms. The summed E-state index contributed by atoms with van der Waals surface area (Å²) in [5.41, 5.74) is 0.975. The predicted molar refractivity (Wildman–Crippen MR) is 70.0 cm³/mol. The number of nitrogens with zero attached hydrogens (tertiary/aromatic N) is 1. The normalized spacial score (nSPS) is 23.9. The van der Waals surface area contributed by atoms with E-state index in [9.17, 15) is 13.2 Å². The minimum absolute atomic E-state index is 0.0934. The van der Waals surface area contributed by atoms with Gasteiger partial charge in [0.15, 0.2) is 0 Å². The lowest BCUT2D eigenvalue weighted by Crippen LogP contribution is -2.25. The van der Waals surface area contributed by atoms with Crippen LogP contribution in [0, 0.1) is 12.8 Å². The highest BCUT2D eigenvalue weighted by Crippen LogP contribution is 2.24. The van der Waals surface area contributed by atoms with Crippen LogP contribution in [-0.4, -0.2) is 38.9 Å². The lowest BCUT2D eigenvalue weighted by Gasteiger charge is -2.14. The van der Waals surface area contributed by atoms with Crippen molar-refractivity contribution in [3.8, 4) is 0 Å². The van der Waals surface area contributed by atoms with Crippen LogP contribution in [0.1, 0.15) is 12.5 Å². The van der Waals surface area contributed by atoms with E-state index in [1.165, 1.54) is 17.0 Å². The van der Waals surface area contributed by atoms with Crippen LogP contribution in [0.5, 0.6) is 0 Å². The fourth-order valence-electron chi connectivity index (χ4n) is 2.06. The second-order valence-corrected chi connectivity index (χ2v) is 6.48. The summed E-state index contributed by atoms with van der Waals surface area (Å²) < 4.78 is 29.4. The Kier molecular flexibility index (Phi) is 3.64. The first kappa shape index (κ1) is 14.0. The average Bonchev–Trinajstić information content (AvgIpc) is 2.57. The molecule has 1 aliphatic rings. The van der Waals surface area contributed by atoms with Crippen LogP contribution in [0.4, 0.5) is 0 Å². The van der Waals surface area contributed by atoms with Crippen LogP contribution in [0.2, 0.25) is 0 Å². The van der Waals surface area contributed by atoms with E-state index in [1.807, 2.05) is 6.92 Å². The third-order valence-corrected chi connectivity index (χ3v) is 4.69. The van der Waals surface area contributed by atoms with E-state index >= 15 is 0 Å². The fourth-order valence-corrected chi connectivity index (χ4v) is 3.20. The largest absolute Gasteiger partial charge is 0.343 e. The van der Waals surface area contributed by atoms with Crippen LogP contribution < -0.4 is 0 Å². The predicted octanol–water partition coefficient (Wildman–Crippen LogP) is 1.18. The van der Waals surface area contributed by atoms with Crippen molar-refractivity contribution in [2.24, 2.45) is 5.92 Å². The lowest BCUT2D eigenvalue weighted by atomic mass is 10.1. The molecule has 5 nitrogen and oxygen atoms in total. The maximum Gasteiger partial charge on any atom is 0.297 e. The number of hydrogen-bond donors (Lipinski definition) is 0. The van der Waals surface area contributed by atoms with Crippen molar-refractivity contribution in [1.29, 1.82) is 0 Å². The Balaban J connectivity index is 2.18. The van der Waals surface area contributed by atoms with Crippen LogP contribution in [0.3, 0.4) is 0 Å². The summed E-state index contributed by atoms with van der Waals surface area (Å²) in [6, 6.07) is 6.45. The maximum atomic E-state index is 12.1. The molecule has 0 saturated carbocycles.